The van der Waals surface area contributed by atoms with Gasteiger partial charge in [-0.25, -0.2) is 9.97 Å². The highest BCUT2D eigenvalue weighted by molar-refractivity contribution is 6.30. The molecule has 1 unspecified atom stereocenters. The number of hydrogen-bond acceptors (Lipinski definition) is 11. The Balaban J connectivity index is 0.740. The first kappa shape index (κ1) is 39.8. The van der Waals surface area contributed by atoms with E-state index in [9.17, 15) is 24.4 Å². The second-order valence-corrected chi connectivity index (χ2v) is 17.6. The number of hydrogen-bond donors (Lipinski definition) is 1. The number of fused-ring (bicyclic) bond motifs is 2. The number of anilines is 1. The molecule has 6 heterocycles. The number of halogens is 1. The van der Waals surface area contributed by atoms with Crippen molar-refractivity contribution >= 4 is 41.2 Å². The number of ether oxygens (including phenoxy) is 1. The monoisotopic (exact) mass is 826 g/mol. The molecule has 1 aromatic heterocycles. The van der Waals surface area contributed by atoms with Crippen LogP contribution in [0, 0.1) is 11.3 Å². The maximum Gasteiger partial charge on any atom is 0.262 e. The largest absolute Gasteiger partial charge is 0.487 e. The number of amides is 4. The summed E-state index contributed by atoms with van der Waals surface area (Å²) in [6.45, 7) is 9.86. The van der Waals surface area contributed by atoms with Crippen LogP contribution in [0.3, 0.4) is 0 Å². The molecule has 0 aliphatic carbocycles. The Labute approximate surface area is 354 Å². The molecule has 0 saturated carbocycles. The van der Waals surface area contributed by atoms with E-state index in [1.54, 1.807) is 12.3 Å². The van der Waals surface area contributed by atoms with Gasteiger partial charge in [-0.05, 0) is 116 Å². The van der Waals surface area contributed by atoms with Gasteiger partial charge in [0.1, 0.15) is 18.4 Å². The van der Waals surface area contributed by atoms with Gasteiger partial charge in [-0.15, -0.1) is 0 Å². The van der Waals surface area contributed by atoms with Crippen LogP contribution in [0.1, 0.15) is 107 Å². The standard InChI is InChI=1S/C46H47ClN8O5/c1-46(2,32-19-28(24-48)20-33(47)23-32)31-3-5-37(6-4-31)60-27-34-9-14-49-45(50-34)53-17-12-35(13-18-53)52-15-10-36(11-16-52)54-25-29-21-38-39(22-30(29)26-54)44(59)55(43(38)58)40-7-8-41(56)51-42(40)57/h3-6,9,14,19-23,35-36,40H,7-8,10-13,15-18,25-27H2,1-2H3,(H,51,56,57). The Morgan fingerprint density at radius 2 is 1.47 bits per heavy atom. The molecular formula is C46H47ClN8O5. The Morgan fingerprint density at radius 1 is 0.817 bits per heavy atom. The molecule has 1 atom stereocenters. The van der Waals surface area contributed by atoms with E-state index in [0.29, 0.717) is 40.4 Å². The zero-order valence-electron chi connectivity index (χ0n) is 33.8. The fraction of sp³-hybridized carbons (Fsp3) is 0.413. The average molecular weight is 827 g/mol. The fourth-order valence-corrected chi connectivity index (χ4v) is 9.86. The summed E-state index contributed by atoms with van der Waals surface area (Å²) in [5, 5.41) is 12.2. The van der Waals surface area contributed by atoms with E-state index < -0.39 is 23.8 Å². The quantitative estimate of drug-likeness (QED) is 0.205. The van der Waals surface area contributed by atoms with Gasteiger partial charge in [0, 0.05) is 61.3 Å². The number of carbonyl (C=O) groups is 4. The van der Waals surface area contributed by atoms with E-state index in [1.807, 2.05) is 54.6 Å². The predicted molar refractivity (Wildman–Crippen MR) is 223 cm³/mol. The number of rotatable bonds is 9. The van der Waals surface area contributed by atoms with Crippen LogP contribution in [-0.4, -0.2) is 92.6 Å². The summed E-state index contributed by atoms with van der Waals surface area (Å²) in [6.07, 6.45) is 6.27. The van der Waals surface area contributed by atoms with Crippen molar-refractivity contribution in [2.24, 2.45) is 0 Å². The van der Waals surface area contributed by atoms with Crippen molar-refractivity contribution in [3.63, 3.8) is 0 Å². The fourth-order valence-electron chi connectivity index (χ4n) is 9.62. The van der Waals surface area contributed by atoms with Crippen LogP contribution in [0.2, 0.25) is 5.02 Å². The van der Waals surface area contributed by atoms with Crippen LogP contribution in [-0.2, 0) is 34.7 Å². The highest BCUT2D eigenvalue weighted by atomic mass is 35.5. The van der Waals surface area contributed by atoms with Crippen molar-refractivity contribution in [2.75, 3.05) is 31.1 Å². The molecule has 3 saturated heterocycles. The highest BCUT2D eigenvalue weighted by Gasteiger charge is 2.46. The Morgan fingerprint density at radius 3 is 2.12 bits per heavy atom. The topological polar surface area (TPSA) is 152 Å². The van der Waals surface area contributed by atoms with Crippen molar-refractivity contribution in [3.05, 3.63) is 117 Å². The van der Waals surface area contributed by atoms with Gasteiger partial charge in [-0.3, -0.25) is 34.3 Å². The summed E-state index contributed by atoms with van der Waals surface area (Å²) >= 11 is 6.31. The first-order chi connectivity index (χ1) is 28.9. The van der Waals surface area contributed by atoms with E-state index in [-0.39, 0.29) is 24.2 Å². The maximum atomic E-state index is 13.4. The van der Waals surface area contributed by atoms with E-state index in [1.165, 1.54) is 0 Å². The van der Waals surface area contributed by atoms with Gasteiger partial charge in [0.25, 0.3) is 11.8 Å². The minimum absolute atomic E-state index is 0.104. The lowest BCUT2D eigenvalue weighted by Crippen LogP contribution is -2.54. The number of nitrogens with one attached hydrogen (secondary N) is 1. The number of aromatic nitrogens is 2. The number of nitriles is 1. The molecule has 308 valence electrons. The van der Waals surface area contributed by atoms with Crippen LogP contribution in [0.25, 0.3) is 0 Å². The van der Waals surface area contributed by atoms with E-state index in [4.69, 9.17) is 21.3 Å². The zero-order chi connectivity index (χ0) is 41.7. The summed E-state index contributed by atoms with van der Waals surface area (Å²) < 4.78 is 6.15. The van der Waals surface area contributed by atoms with E-state index >= 15 is 0 Å². The second-order valence-electron chi connectivity index (χ2n) is 17.1. The lowest BCUT2D eigenvalue weighted by atomic mass is 9.78. The number of likely N-dealkylation sites (tertiary alicyclic amines) is 1. The number of benzene rings is 3. The normalized spacial score (nSPS) is 20.6. The summed E-state index contributed by atoms with van der Waals surface area (Å²) in [5.41, 5.74) is 5.90. The molecule has 1 N–H and O–H groups in total. The van der Waals surface area contributed by atoms with Gasteiger partial charge in [-0.2, -0.15) is 5.26 Å². The molecule has 0 bridgehead atoms. The van der Waals surface area contributed by atoms with Crippen molar-refractivity contribution in [2.45, 2.75) is 95.6 Å². The van der Waals surface area contributed by atoms with Crippen LogP contribution < -0.4 is 15.0 Å². The van der Waals surface area contributed by atoms with Gasteiger partial charge in [-0.1, -0.05) is 37.6 Å². The minimum atomic E-state index is -0.955. The predicted octanol–water partition coefficient (Wildman–Crippen LogP) is 5.76. The maximum absolute atomic E-state index is 13.4. The van der Waals surface area contributed by atoms with Crippen LogP contribution in [0.5, 0.6) is 5.75 Å². The first-order valence-corrected chi connectivity index (χ1v) is 21.2. The molecule has 3 fully saturated rings. The van der Waals surface area contributed by atoms with Crippen LogP contribution in [0.4, 0.5) is 5.95 Å². The molecule has 4 amide bonds. The van der Waals surface area contributed by atoms with Crippen LogP contribution >= 0.6 is 11.6 Å². The zero-order valence-corrected chi connectivity index (χ0v) is 34.6. The van der Waals surface area contributed by atoms with Gasteiger partial charge < -0.3 is 14.5 Å². The molecule has 5 aliphatic rings. The summed E-state index contributed by atoms with van der Waals surface area (Å²) in [5.74, 6) is -0.404. The van der Waals surface area contributed by atoms with Gasteiger partial charge in [0.05, 0.1) is 28.5 Å². The van der Waals surface area contributed by atoms with Gasteiger partial charge >= 0.3 is 0 Å². The number of imide groups is 2. The molecule has 60 heavy (non-hydrogen) atoms. The van der Waals surface area contributed by atoms with Crippen molar-refractivity contribution in [1.29, 1.82) is 5.26 Å². The van der Waals surface area contributed by atoms with Crippen molar-refractivity contribution in [1.82, 2.24) is 30.0 Å². The molecule has 3 aromatic carbocycles. The third kappa shape index (κ3) is 7.64. The molecule has 9 rings (SSSR count). The van der Waals surface area contributed by atoms with E-state index in [2.05, 4.69) is 44.9 Å². The smallest absolute Gasteiger partial charge is 0.262 e. The summed E-state index contributed by atoms with van der Waals surface area (Å²) in [4.78, 5) is 68.8. The van der Waals surface area contributed by atoms with Crippen molar-refractivity contribution in [3.8, 4) is 11.8 Å². The lowest BCUT2D eigenvalue weighted by Gasteiger charge is -2.43. The third-order valence-corrected chi connectivity index (χ3v) is 13.4. The Bertz CT molecular complexity index is 2370. The molecule has 0 radical (unpaired) electrons. The molecule has 13 nitrogen and oxygen atoms in total. The summed E-state index contributed by atoms with van der Waals surface area (Å²) in [6, 6.07) is 21.3. The number of carbonyl (C=O) groups excluding carboxylic acids is 4. The summed E-state index contributed by atoms with van der Waals surface area (Å²) in [7, 11) is 0. The number of nitrogens with zero attached hydrogens (tertiary/aromatic N) is 7. The van der Waals surface area contributed by atoms with Crippen LogP contribution in [0.15, 0.2) is 66.9 Å². The molecule has 5 aliphatic heterocycles. The molecule has 4 aromatic rings. The van der Waals surface area contributed by atoms with Gasteiger partial charge in [0.15, 0.2) is 0 Å². The average Bonchev–Trinajstić information content (AvgIpc) is 3.79. The highest BCUT2D eigenvalue weighted by Crippen LogP contribution is 2.37. The molecule has 14 heteroatoms. The lowest BCUT2D eigenvalue weighted by molar-refractivity contribution is -0.136. The molecular weight excluding hydrogens is 780 g/mol. The minimum Gasteiger partial charge on any atom is -0.487 e. The Hall–Kier alpha value is -5.68. The Kier molecular flexibility index (Phi) is 10.6. The van der Waals surface area contributed by atoms with E-state index in [0.717, 1.165) is 109 Å². The third-order valence-electron chi connectivity index (χ3n) is 13.2. The SMILES string of the molecule is CC(C)(c1ccc(OCc2ccnc(N3CCC(N4CCC(N5Cc6cc7c(cc6C5)C(=O)N(C5CCC(=O)NC5=O)C7=O)CC4)CC3)n2)cc1)c1cc(Cl)cc(C#N)c1. The number of piperidine rings is 3. The first-order valence-electron chi connectivity index (χ1n) is 20.8. The second kappa shape index (κ2) is 16.1. The van der Waals surface area contributed by atoms with Gasteiger partial charge in [0.2, 0.25) is 17.8 Å². The van der Waals surface area contributed by atoms with Crippen molar-refractivity contribution < 1.29 is 23.9 Å². The molecule has 0 spiro atoms.